The van der Waals surface area contributed by atoms with Crippen LogP contribution in [0.25, 0.3) is 17.0 Å². The van der Waals surface area contributed by atoms with Gasteiger partial charge in [0.15, 0.2) is 5.43 Å². The van der Waals surface area contributed by atoms with Gasteiger partial charge in [0.1, 0.15) is 23.9 Å². The van der Waals surface area contributed by atoms with Gasteiger partial charge in [0.25, 0.3) is 0 Å². The second-order valence-corrected chi connectivity index (χ2v) is 3.38. The smallest absolute Gasteiger partial charge is 0.200 e. The van der Waals surface area contributed by atoms with Crippen LogP contribution in [0.3, 0.4) is 0 Å². The Balaban J connectivity index is 2.68. The van der Waals surface area contributed by atoms with Gasteiger partial charge in [-0.15, -0.1) is 0 Å². The van der Waals surface area contributed by atoms with Gasteiger partial charge in [-0.25, -0.2) is 0 Å². The summed E-state index contributed by atoms with van der Waals surface area (Å²) in [5, 5.41) is 0.428. The third-order valence-electron chi connectivity index (χ3n) is 2.36. The molecule has 2 aromatic rings. The van der Waals surface area contributed by atoms with E-state index in [1.54, 1.807) is 18.2 Å². The van der Waals surface area contributed by atoms with E-state index in [0.29, 0.717) is 28.6 Å². The molecular formula is C13H10O4. The van der Waals surface area contributed by atoms with Gasteiger partial charge in [-0.1, -0.05) is 0 Å². The Hall–Kier alpha value is -2.36. The Morgan fingerprint density at radius 1 is 1.35 bits per heavy atom. The van der Waals surface area contributed by atoms with Crippen molar-refractivity contribution in [3.05, 3.63) is 46.3 Å². The Bertz CT molecular complexity index is 637. The lowest BCUT2D eigenvalue weighted by molar-refractivity contribution is -0.104. The molecule has 0 radical (unpaired) electrons. The number of fused-ring (bicyclic) bond motifs is 1. The summed E-state index contributed by atoms with van der Waals surface area (Å²) in [4.78, 5) is 22.2. The highest BCUT2D eigenvalue weighted by Crippen LogP contribution is 2.18. The number of carbonyl (C=O) groups excluding carboxylic acids is 1. The molecule has 0 fully saturated rings. The molecule has 0 amide bonds. The zero-order chi connectivity index (χ0) is 12.3. The number of carbonyl (C=O) groups is 1. The predicted octanol–water partition coefficient (Wildman–Crippen LogP) is 2.01. The first-order chi connectivity index (χ1) is 8.26. The van der Waals surface area contributed by atoms with Crippen LogP contribution in [-0.4, -0.2) is 13.4 Å². The van der Waals surface area contributed by atoms with E-state index in [1.807, 2.05) is 0 Å². The van der Waals surface area contributed by atoms with E-state index in [1.165, 1.54) is 25.5 Å². The Labute approximate surface area is 97.1 Å². The molecule has 4 nitrogen and oxygen atoms in total. The van der Waals surface area contributed by atoms with E-state index in [2.05, 4.69) is 0 Å². The maximum absolute atomic E-state index is 12.0. The third kappa shape index (κ3) is 2.10. The molecule has 17 heavy (non-hydrogen) atoms. The monoisotopic (exact) mass is 230 g/mol. The second kappa shape index (κ2) is 4.65. The molecule has 1 aromatic carbocycles. The highest BCUT2D eigenvalue weighted by Gasteiger charge is 2.05. The average Bonchev–Trinajstić information content (AvgIpc) is 2.38. The molecule has 0 N–H and O–H groups in total. The number of benzene rings is 1. The molecule has 1 aromatic heterocycles. The van der Waals surface area contributed by atoms with E-state index in [0.717, 1.165) is 0 Å². The third-order valence-corrected chi connectivity index (χ3v) is 2.36. The van der Waals surface area contributed by atoms with E-state index >= 15 is 0 Å². The van der Waals surface area contributed by atoms with Gasteiger partial charge >= 0.3 is 0 Å². The van der Waals surface area contributed by atoms with Gasteiger partial charge in [0.05, 0.1) is 18.1 Å². The summed E-state index contributed by atoms with van der Waals surface area (Å²) >= 11 is 0. The molecule has 0 aliphatic carbocycles. The van der Waals surface area contributed by atoms with Crippen molar-refractivity contribution in [2.75, 3.05) is 7.11 Å². The highest BCUT2D eigenvalue weighted by molar-refractivity contribution is 5.81. The number of hydrogen-bond donors (Lipinski definition) is 0. The second-order valence-electron chi connectivity index (χ2n) is 3.38. The molecule has 0 aliphatic rings. The van der Waals surface area contributed by atoms with E-state index in [9.17, 15) is 9.59 Å². The lowest BCUT2D eigenvalue weighted by atomic mass is 10.1. The van der Waals surface area contributed by atoms with Crippen molar-refractivity contribution in [2.45, 2.75) is 0 Å². The summed E-state index contributed by atoms with van der Waals surface area (Å²) in [5.74, 6) is 0.585. The minimum atomic E-state index is -0.191. The van der Waals surface area contributed by atoms with Crippen molar-refractivity contribution < 1.29 is 13.9 Å². The van der Waals surface area contributed by atoms with Crippen molar-refractivity contribution in [1.29, 1.82) is 0 Å². The van der Waals surface area contributed by atoms with Crippen LogP contribution in [0.2, 0.25) is 0 Å². The van der Waals surface area contributed by atoms with Crippen molar-refractivity contribution >= 4 is 23.3 Å². The largest absolute Gasteiger partial charge is 0.497 e. The molecule has 0 bridgehead atoms. The van der Waals surface area contributed by atoms with Gasteiger partial charge in [-0.3, -0.25) is 9.59 Å². The van der Waals surface area contributed by atoms with Gasteiger partial charge in [0.2, 0.25) is 0 Å². The molecule has 0 atom stereocenters. The number of rotatable bonds is 3. The normalized spacial score (nSPS) is 10.9. The fourth-order valence-electron chi connectivity index (χ4n) is 1.51. The van der Waals surface area contributed by atoms with Gasteiger partial charge in [-0.2, -0.15) is 0 Å². The number of methoxy groups -OCH3 is 1. The maximum Gasteiger partial charge on any atom is 0.200 e. The lowest BCUT2D eigenvalue weighted by Gasteiger charge is -2.01. The zero-order valence-electron chi connectivity index (χ0n) is 9.17. The first-order valence-corrected chi connectivity index (χ1v) is 4.97. The summed E-state index contributed by atoms with van der Waals surface area (Å²) in [6.45, 7) is 0. The van der Waals surface area contributed by atoms with E-state index in [4.69, 9.17) is 9.15 Å². The number of allylic oxidation sites excluding steroid dienone is 1. The molecule has 0 aliphatic heterocycles. The zero-order valence-corrected chi connectivity index (χ0v) is 9.17. The van der Waals surface area contributed by atoms with Crippen LogP contribution in [0.5, 0.6) is 5.75 Å². The van der Waals surface area contributed by atoms with Crippen molar-refractivity contribution in [2.24, 2.45) is 0 Å². The Kier molecular flexibility index (Phi) is 3.05. The first-order valence-electron chi connectivity index (χ1n) is 4.97. The minimum absolute atomic E-state index is 0.191. The summed E-state index contributed by atoms with van der Waals surface area (Å²) in [5.41, 5.74) is 0.625. The van der Waals surface area contributed by atoms with E-state index < -0.39 is 0 Å². The minimum Gasteiger partial charge on any atom is -0.497 e. The van der Waals surface area contributed by atoms with Crippen LogP contribution in [0.15, 0.2) is 39.7 Å². The lowest BCUT2D eigenvalue weighted by Crippen LogP contribution is -2.04. The van der Waals surface area contributed by atoms with Crippen LogP contribution >= 0.6 is 0 Å². The van der Waals surface area contributed by atoms with Crippen LogP contribution < -0.4 is 10.2 Å². The SMILES string of the molecule is COc1ccc2occ(C=CC=O)c(=O)c2c1. The fraction of sp³-hybridized carbons (Fsp3) is 0.0769. The summed E-state index contributed by atoms with van der Waals surface area (Å²) in [6, 6.07) is 4.99. The van der Waals surface area contributed by atoms with Gasteiger partial charge < -0.3 is 9.15 Å². The quantitative estimate of drug-likeness (QED) is 0.597. The van der Waals surface area contributed by atoms with Crippen molar-refractivity contribution in [3.8, 4) is 5.75 Å². The Morgan fingerprint density at radius 3 is 2.88 bits per heavy atom. The van der Waals surface area contributed by atoms with Crippen molar-refractivity contribution in [1.82, 2.24) is 0 Å². The molecular weight excluding hydrogens is 220 g/mol. The summed E-state index contributed by atoms with van der Waals surface area (Å²) in [6.07, 6.45) is 4.60. The van der Waals surface area contributed by atoms with Crippen molar-refractivity contribution in [3.63, 3.8) is 0 Å². The van der Waals surface area contributed by atoms with Gasteiger partial charge in [-0.05, 0) is 30.4 Å². The topological polar surface area (TPSA) is 56.5 Å². The van der Waals surface area contributed by atoms with Crippen LogP contribution in [0, 0.1) is 0 Å². The average molecular weight is 230 g/mol. The fourth-order valence-corrected chi connectivity index (χ4v) is 1.51. The summed E-state index contributed by atoms with van der Waals surface area (Å²) in [7, 11) is 1.53. The maximum atomic E-state index is 12.0. The number of ether oxygens (including phenoxy) is 1. The molecule has 0 spiro atoms. The van der Waals surface area contributed by atoms with Crippen LogP contribution in [0.4, 0.5) is 0 Å². The molecule has 0 saturated carbocycles. The Morgan fingerprint density at radius 2 is 2.18 bits per heavy atom. The number of aldehydes is 1. The molecule has 86 valence electrons. The standard InChI is InChI=1S/C13H10O4/c1-16-10-4-5-12-11(7-10)13(15)9(8-17-12)3-2-6-14/h2-8H,1H3. The number of hydrogen-bond acceptors (Lipinski definition) is 4. The molecule has 0 unspecified atom stereocenters. The molecule has 4 heteroatoms. The van der Waals surface area contributed by atoms with Gasteiger partial charge in [0, 0.05) is 0 Å². The predicted molar refractivity (Wildman–Crippen MR) is 64.1 cm³/mol. The van der Waals surface area contributed by atoms with E-state index in [-0.39, 0.29) is 5.43 Å². The molecule has 1 heterocycles. The molecule has 2 rings (SSSR count). The van der Waals surface area contributed by atoms with Crippen LogP contribution in [-0.2, 0) is 4.79 Å². The summed E-state index contributed by atoms with van der Waals surface area (Å²) < 4.78 is 10.3. The molecule has 0 saturated heterocycles. The first kappa shape index (κ1) is 11.1. The highest BCUT2D eigenvalue weighted by atomic mass is 16.5. The van der Waals surface area contributed by atoms with Crippen LogP contribution in [0.1, 0.15) is 5.56 Å².